The van der Waals surface area contributed by atoms with Gasteiger partial charge in [0.25, 0.3) is 0 Å². The van der Waals surface area contributed by atoms with E-state index in [-0.39, 0.29) is 6.10 Å². The molecule has 0 saturated carbocycles. The Morgan fingerprint density at radius 1 is 1.62 bits per heavy atom. The van der Waals surface area contributed by atoms with Crippen molar-refractivity contribution < 1.29 is 9.26 Å². The van der Waals surface area contributed by atoms with E-state index < -0.39 is 0 Å². The zero-order valence-electron chi connectivity index (χ0n) is 10.1. The number of ether oxygens (including phenoxy) is 1. The Morgan fingerprint density at radius 3 is 3.06 bits per heavy atom. The molecule has 3 unspecified atom stereocenters. The van der Waals surface area contributed by atoms with Crippen LogP contribution in [0.2, 0.25) is 0 Å². The third kappa shape index (κ3) is 2.41. The summed E-state index contributed by atoms with van der Waals surface area (Å²) in [4.78, 5) is 4.43. The second-order valence-electron chi connectivity index (χ2n) is 4.44. The molecule has 5 heteroatoms. The molecule has 2 rings (SSSR count). The van der Waals surface area contributed by atoms with Crippen LogP contribution in [0.25, 0.3) is 0 Å². The Morgan fingerprint density at radius 2 is 2.44 bits per heavy atom. The van der Waals surface area contributed by atoms with E-state index in [0.717, 1.165) is 24.7 Å². The summed E-state index contributed by atoms with van der Waals surface area (Å²) in [5.74, 6) is 1.86. The summed E-state index contributed by atoms with van der Waals surface area (Å²) in [6, 6.07) is 0.424. The minimum atomic E-state index is 0.129. The van der Waals surface area contributed by atoms with Crippen LogP contribution >= 0.6 is 0 Å². The molecule has 16 heavy (non-hydrogen) atoms. The number of nitrogens with one attached hydrogen (secondary N) is 1. The molecular weight excluding hydrogens is 206 g/mol. The number of hydrogen-bond acceptors (Lipinski definition) is 5. The summed E-state index contributed by atoms with van der Waals surface area (Å²) >= 11 is 0. The Kier molecular flexibility index (Phi) is 3.56. The van der Waals surface area contributed by atoms with Gasteiger partial charge in [-0.1, -0.05) is 5.16 Å². The summed E-state index contributed by atoms with van der Waals surface area (Å²) in [5.41, 5.74) is 0. The molecule has 1 aromatic heterocycles. The lowest BCUT2D eigenvalue weighted by Crippen LogP contribution is -2.21. The highest BCUT2D eigenvalue weighted by atomic mass is 16.5. The zero-order valence-corrected chi connectivity index (χ0v) is 10.1. The third-order valence-electron chi connectivity index (χ3n) is 3.20. The first-order valence-electron chi connectivity index (χ1n) is 5.79. The van der Waals surface area contributed by atoms with E-state index in [9.17, 15) is 0 Å². The Hall–Kier alpha value is -0.940. The smallest absolute Gasteiger partial charge is 0.231 e. The predicted molar refractivity (Wildman–Crippen MR) is 59.3 cm³/mol. The van der Waals surface area contributed by atoms with Crippen LogP contribution in [0, 0.1) is 0 Å². The quantitative estimate of drug-likeness (QED) is 0.831. The summed E-state index contributed by atoms with van der Waals surface area (Å²) in [6.07, 6.45) is 1.90. The van der Waals surface area contributed by atoms with Crippen molar-refractivity contribution in [2.24, 2.45) is 0 Å². The summed E-state index contributed by atoms with van der Waals surface area (Å²) < 4.78 is 10.5. The topological polar surface area (TPSA) is 60.2 Å². The third-order valence-corrected chi connectivity index (χ3v) is 3.20. The maximum Gasteiger partial charge on any atom is 0.231 e. The van der Waals surface area contributed by atoms with E-state index in [0.29, 0.717) is 18.4 Å². The largest absolute Gasteiger partial charge is 0.381 e. The van der Waals surface area contributed by atoms with Crippen molar-refractivity contribution in [3.8, 4) is 0 Å². The average molecular weight is 225 g/mol. The molecule has 0 aliphatic carbocycles. The molecule has 1 N–H and O–H groups in total. The normalized spacial score (nSPS) is 27.2. The summed E-state index contributed by atoms with van der Waals surface area (Å²) in [5, 5.41) is 7.37. The first-order valence-corrected chi connectivity index (χ1v) is 5.79. The fourth-order valence-corrected chi connectivity index (χ4v) is 2.04. The minimum Gasteiger partial charge on any atom is -0.381 e. The Bertz CT molecular complexity index is 340. The highest BCUT2D eigenvalue weighted by molar-refractivity contribution is 5.02. The zero-order chi connectivity index (χ0) is 11.5. The summed E-state index contributed by atoms with van der Waals surface area (Å²) in [6.45, 7) is 5.17. The van der Waals surface area contributed by atoms with Crippen molar-refractivity contribution in [1.82, 2.24) is 15.5 Å². The highest BCUT2D eigenvalue weighted by Gasteiger charge is 2.29. The standard InChI is InChI=1S/C11H19N3O2/c1-7(15-3)6-10-13-11(16-14-10)9-4-5-12-8(9)2/h7-9,12H,4-6H2,1-3H3. The van der Waals surface area contributed by atoms with Gasteiger partial charge in [-0.15, -0.1) is 0 Å². The Balaban J connectivity index is 2.01. The molecule has 0 bridgehead atoms. The number of methoxy groups -OCH3 is 1. The fraction of sp³-hybridized carbons (Fsp3) is 0.818. The van der Waals surface area contributed by atoms with Gasteiger partial charge in [-0.05, 0) is 26.8 Å². The van der Waals surface area contributed by atoms with Gasteiger partial charge < -0.3 is 14.6 Å². The fourth-order valence-electron chi connectivity index (χ4n) is 2.04. The SMILES string of the molecule is COC(C)Cc1noc(C2CCNC2C)n1. The maximum absolute atomic E-state index is 5.31. The first kappa shape index (κ1) is 11.5. The van der Waals surface area contributed by atoms with Gasteiger partial charge in [-0.3, -0.25) is 0 Å². The van der Waals surface area contributed by atoms with Gasteiger partial charge in [-0.25, -0.2) is 0 Å². The molecule has 0 aromatic carbocycles. The van der Waals surface area contributed by atoms with Gasteiger partial charge in [0, 0.05) is 19.6 Å². The van der Waals surface area contributed by atoms with Crippen LogP contribution in [0.1, 0.15) is 37.9 Å². The van der Waals surface area contributed by atoms with Gasteiger partial charge in [-0.2, -0.15) is 4.98 Å². The molecular formula is C11H19N3O2. The first-order chi connectivity index (χ1) is 7.70. The average Bonchev–Trinajstić information content (AvgIpc) is 2.86. The molecule has 1 aliphatic heterocycles. The van der Waals surface area contributed by atoms with Crippen LogP contribution in [0.15, 0.2) is 4.52 Å². The van der Waals surface area contributed by atoms with E-state index in [1.807, 2.05) is 6.92 Å². The maximum atomic E-state index is 5.31. The lowest BCUT2D eigenvalue weighted by molar-refractivity contribution is 0.116. The summed E-state index contributed by atoms with van der Waals surface area (Å²) in [7, 11) is 1.69. The van der Waals surface area contributed by atoms with Crippen molar-refractivity contribution >= 4 is 0 Å². The van der Waals surface area contributed by atoms with Crippen LogP contribution in [0.4, 0.5) is 0 Å². The van der Waals surface area contributed by atoms with Gasteiger partial charge in [0.15, 0.2) is 5.82 Å². The van der Waals surface area contributed by atoms with E-state index >= 15 is 0 Å². The second kappa shape index (κ2) is 4.93. The van der Waals surface area contributed by atoms with Gasteiger partial charge in [0.2, 0.25) is 5.89 Å². The molecule has 5 nitrogen and oxygen atoms in total. The number of nitrogens with zero attached hydrogens (tertiary/aromatic N) is 2. The molecule has 1 aliphatic rings. The van der Waals surface area contributed by atoms with Crippen LogP contribution in [-0.2, 0) is 11.2 Å². The van der Waals surface area contributed by atoms with Crippen molar-refractivity contribution in [3.05, 3.63) is 11.7 Å². The van der Waals surface area contributed by atoms with Crippen molar-refractivity contribution in [2.75, 3.05) is 13.7 Å². The van der Waals surface area contributed by atoms with E-state index in [1.54, 1.807) is 7.11 Å². The number of hydrogen-bond donors (Lipinski definition) is 1. The monoisotopic (exact) mass is 225 g/mol. The predicted octanol–water partition coefficient (Wildman–Crippen LogP) is 1.11. The highest BCUT2D eigenvalue weighted by Crippen LogP contribution is 2.26. The van der Waals surface area contributed by atoms with Crippen LogP contribution in [0.5, 0.6) is 0 Å². The molecule has 90 valence electrons. The van der Waals surface area contributed by atoms with E-state index in [2.05, 4.69) is 22.4 Å². The molecule has 3 atom stereocenters. The minimum absolute atomic E-state index is 0.129. The van der Waals surface area contributed by atoms with Crippen LogP contribution in [0.3, 0.4) is 0 Å². The molecule has 1 fully saturated rings. The van der Waals surface area contributed by atoms with Crippen molar-refractivity contribution in [1.29, 1.82) is 0 Å². The molecule has 2 heterocycles. The van der Waals surface area contributed by atoms with Gasteiger partial charge >= 0.3 is 0 Å². The second-order valence-corrected chi connectivity index (χ2v) is 4.44. The molecule has 1 aromatic rings. The number of rotatable bonds is 4. The van der Waals surface area contributed by atoms with Gasteiger partial charge in [0.05, 0.1) is 12.0 Å². The lowest BCUT2D eigenvalue weighted by Gasteiger charge is -2.09. The molecule has 0 spiro atoms. The molecule has 0 amide bonds. The van der Waals surface area contributed by atoms with Crippen LogP contribution in [-0.4, -0.2) is 35.9 Å². The molecule has 0 radical (unpaired) electrons. The van der Waals surface area contributed by atoms with E-state index in [4.69, 9.17) is 9.26 Å². The van der Waals surface area contributed by atoms with Gasteiger partial charge in [0.1, 0.15) is 0 Å². The van der Waals surface area contributed by atoms with Crippen molar-refractivity contribution in [3.63, 3.8) is 0 Å². The Labute approximate surface area is 95.6 Å². The lowest BCUT2D eigenvalue weighted by atomic mass is 10.0. The van der Waals surface area contributed by atoms with Crippen molar-refractivity contribution in [2.45, 2.75) is 44.8 Å². The van der Waals surface area contributed by atoms with Crippen LogP contribution < -0.4 is 5.32 Å². The van der Waals surface area contributed by atoms with E-state index in [1.165, 1.54) is 0 Å². The number of aromatic nitrogens is 2. The molecule has 1 saturated heterocycles.